The zero-order valence-corrected chi connectivity index (χ0v) is 15.0. The molecule has 2 N–H and O–H groups in total. The molecule has 1 aromatic carbocycles. The molecule has 6 nitrogen and oxygen atoms in total. The third-order valence-corrected chi connectivity index (χ3v) is 4.69. The second-order valence-corrected chi connectivity index (χ2v) is 6.19. The van der Waals surface area contributed by atoms with Crippen LogP contribution in [0.4, 0.5) is 6.01 Å². The molecule has 2 atom stereocenters. The van der Waals surface area contributed by atoms with Gasteiger partial charge in [-0.2, -0.15) is 4.98 Å². The average Bonchev–Trinajstić information content (AvgIpc) is 3.04. The Bertz CT molecular complexity index is 649. The number of oxazole rings is 1. The molecule has 1 aliphatic heterocycles. The Labute approximate surface area is 148 Å². The fourth-order valence-corrected chi connectivity index (χ4v) is 2.82. The van der Waals surface area contributed by atoms with Gasteiger partial charge in [0.1, 0.15) is 5.52 Å². The molecule has 2 heterocycles. The molecule has 1 amide bonds. The standard InChI is InChI=1S/C17H24N4O2.ClH/c1-3-12(2)15(18)16(22)20-8-10-21(11-9-20)17-19-13-6-4-5-7-14(13)23-17;/h4-7,12,15H,3,8-11,18H2,1-2H3;1H. The third kappa shape index (κ3) is 3.65. The van der Waals surface area contributed by atoms with Crippen LogP contribution < -0.4 is 10.6 Å². The topological polar surface area (TPSA) is 75.6 Å². The Hall–Kier alpha value is -1.79. The van der Waals surface area contributed by atoms with E-state index < -0.39 is 6.04 Å². The van der Waals surface area contributed by atoms with E-state index in [-0.39, 0.29) is 24.2 Å². The minimum atomic E-state index is -0.407. The third-order valence-electron chi connectivity index (χ3n) is 4.69. The number of hydrogen-bond acceptors (Lipinski definition) is 5. The van der Waals surface area contributed by atoms with Gasteiger partial charge in [-0.1, -0.05) is 32.4 Å². The highest BCUT2D eigenvalue weighted by atomic mass is 35.5. The molecule has 2 aromatic rings. The SMILES string of the molecule is CCC(C)C(N)C(=O)N1CCN(c2nc3ccccc3o2)CC1.Cl. The summed E-state index contributed by atoms with van der Waals surface area (Å²) < 4.78 is 5.79. The molecule has 7 heteroatoms. The predicted molar refractivity (Wildman–Crippen MR) is 97.5 cm³/mol. The van der Waals surface area contributed by atoms with Crippen molar-refractivity contribution in [3.63, 3.8) is 0 Å². The number of aromatic nitrogens is 1. The van der Waals surface area contributed by atoms with E-state index in [0.29, 0.717) is 32.2 Å². The maximum atomic E-state index is 12.4. The predicted octanol–water partition coefficient (Wildman–Crippen LogP) is 2.27. The lowest BCUT2D eigenvalue weighted by Gasteiger charge is -2.35. The lowest BCUT2D eigenvalue weighted by atomic mass is 9.98. The summed E-state index contributed by atoms with van der Waals surface area (Å²) in [6.07, 6.45) is 0.912. The number of benzene rings is 1. The van der Waals surface area contributed by atoms with Crippen molar-refractivity contribution in [3.8, 4) is 0 Å². The summed E-state index contributed by atoms with van der Waals surface area (Å²) in [6.45, 7) is 6.82. The summed E-state index contributed by atoms with van der Waals surface area (Å²) in [5, 5.41) is 0. The number of anilines is 1. The largest absolute Gasteiger partial charge is 0.423 e. The molecule has 0 aliphatic carbocycles. The van der Waals surface area contributed by atoms with Crippen LogP contribution in [0.1, 0.15) is 20.3 Å². The van der Waals surface area contributed by atoms with Crippen molar-refractivity contribution < 1.29 is 9.21 Å². The zero-order chi connectivity index (χ0) is 16.4. The van der Waals surface area contributed by atoms with E-state index in [9.17, 15) is 4.79 Å². The van der Waals surface area contributed by atoms with Crippen LogP contribution in [0.3, 0.4) is 0 Å². The van der Waals surface area contributed by atoms with Gasteiger partial charge in [-0.3, -0.25) is 4.79 Å². The number of amides is 1. The second-order valence-electron chi connectivity index (χ2n) is 6.19. The summed E-state index contributed by atoms with van der Waals surface area (Å²) in [4.78, 5) is 20.9. The molecule has 3 rings (SSSR count). The average molecular weight is 353 g/mol. The van der Waals surface area contributed by atoms with Crippen LogP contribution in [0.25, 0.3) is 11.1 Å². The van der Waals surface area contributed by atoms with Crippen LogP contribution in [0, 0.1) is 5.92 Å². The number of nitrogens with zero attached hydrogens (tertiary/aromatic N) is 3. The zero-order valence-electron chi connectivity index (χ0n) is 14.1. The fraction of sp³-hybridized carbons (Fsp3) is 0.529. The molecule has 0 radical (unpaired) electrons. The van der Waals surface area contributed by atoms with E-state index in [4.69, 9.17) is 10.2 Å². The van der Waals surface area contributed by atoms with Crippen LogP contribution in [0.5, 0.6) is 0 Å². The first-order valence-corrected chi connectivity index (χ1v) is 8.25. The summed E-state index contributed by atoms with van der Waals surface area (Å²) in [5.41, 5.74) is 7.72. The molecule has 1 aliphatic rings. The van der Waals surface area contributed by atoms with Crippen molar-refractivity contribution in [1.29, 1.82) is 0 Å². The number of hydrogen-bond donors (Lipinski definition) is 1. The quantitative estimate of drug-likeness (QED) is 0.913. The molecule has 1 fully saturated rings. The van der Waals surface area contributed by atoms with Crippen LogP contribution >= 0.6 is 12.4 Å². The van der Waals surface area contributed by atoms with Gasteiger partial charge in [0.15, 0.2) is 5.58 Å². The maximum Gasteiger partial charge on any atom is 0.298 e. The summed E-state index contributed by atoms with van der Waals surface area (Å²) in [6, 6.07) is 7.95. The van der Waals surface area contributed by atoms with Crippen molar-refractivity contribution in [3.05, 3.63) is 24.3 Å². The Morgan fingerprint density at radius 2 is 1.96 bits per heavy atom. The van der Waals surface area contributed by atoms with Gasteiger partial charge < -0.3 is 20.0 Å². The Morgan fingerprint density at radius 1 is 1.29 bits per heavy atom. The number of fused-ring (bicyclic) bond motifs is 1. The van der Waals surface area contributed by atoms with Gasteiger partial charge >= 0.3 is 0 Å². The second kappa shape index (κ2) is 7.85. The fourth-order valence-electron chi connectivity index (χ4n) is 2.82. The van der Waals surface area contributed by atoms with Crippen molar-refractivity contribution in [2.75, 3.05) is 31.1 Å². The molecule has 132 valence electrons. The number of para-hydroxylation sites is 2. The van der Waals surface area contributed by atoms with Crippen molar-refractivity contribution in [2.45, 2.75) is 26.3 Å². The highest BCUT2D eigenvalue weighted by Gasteiger charge is 2.29. The number of carbonyl (C=O) groups is 1. The molecule has 0 bridgehead atoms. The number of nitrogens with two attached hydrogens (primary N) is 1. The molecular formula is C17H25ClN4O2. The highest BCUT2D eigenvalue weighted by Crippen LogP contribution is 2.22. The van der Waals surface area contributed by atoms with E-state index in [0.717, 1.165) is 17.5 Å². The Balaban J connectivity index is 0.00000208. The summed E-state index contributed by atoms with van der Waals surface area (Å²) >= 11 is 0. The normalized spacial score (nSPS) is 17.5. The number of halogens is 1. The van der Waals surface area contributed by atoms with Gasteiger partial charge in [-0.05, 0) is 18.1 Å². The van der Waals surface area contributed by atoms with E-state index in [1.807, 2.05) is 36.1 Å². The van der Waals surface area contributed by atoms with Gasteiger partial charge in [0, 0.05) is 26.2 Å². The molecule has 1 saturated heterocycles. The minimum absolute atomic E-state index is 0. The minimum Gasteiger partial charge on any atom is -0.423 e. The highest BCUT2D eigenvalue weighted by molar-refractivity contribution is 5.85. The first kappa shape index (κ1) is 18.5. The van der Waals surface area contributed by atoms with Crippen LogP contribution in [-0.4, -0.2) is 48.0 Å². The van der Waals surface area contributed by atoms with Crippen LogP contribution in [0.15, 0.2) is 28.7 Å². The van der Waals surface area contributed by atoms with Crippen LogP contribution in [0.2, 0.25) is 0 Å². The van der Waals surface area contributed by atoms with Crippen LogP contribution in [-0.2, 0) is 4.79 Å². The van der Waals surface area contributed by atoms with E-state index in [1.165, 1.54) is 0 Å². The summed E-state index contributed by atoms with van der Waals surface area (Å²) in [5.74, 6) is 0.258. The van der Waals surface area contributed by atoms with Crippen molar-refractivity contribution >= 4 is 35.4 Å². The Morgan fingerprint density at radius 3 is 2.58 bits per heavy atom. The van der Waals surface area contributed by atoms with E-state index in [2.05, 4.69) is 16.8 Å². The maximum absolute atomic E-state index is 12.4. The van der Waals surface area contributed by atoms with E-state index >= 15 is 0 Å². The van der Waals surface area contributed by atoms with Gasteiger partial charge in [0.25, 0.3) is 6.01 Å². The van der Waals surface area contributed by atoms with Gasteiger partial charge in [-0.25, -0.2) is 0 Å². The number of carbonyl (C=O) groups excluding carboxylic acids is 1. The molecule has 0 spiro atoms. The van der Waals surface area contributed by atoms with Crippen molar-refractivity contribution in [1.82, 2.24) is 9.88 Å². The summed E-state index contributed by atoms with van der Waals surface area (Å²) in [7, 11) is 0. The first-order chi connectivity index (χ1) is 11.1. The first-order valence-electron chi connectivity index (χ1n) is 8.25. The van der Waals surface area contributed by atoms with E-state index in [1.54, 1.807) is 0 Å². The van der Waals surface area contributed by atoms with Gasteiger partial charge in [0.2, 0.25) is 5.91 Å². The molecule has 0 saturated carbocycles. The van der Waals surface area contributed by atoms with Gasteiger partial charge in [0.05, 0.1) is 6.04 Å². The lowest BCUT2D eigenvalue weighted by Crippen LogP contribution is -2.54. The molecule has 2 unspecified atom stereocenters. The molecule has 24 heavy (non-hydrogen) atoms. The Kier molecular flexibility index (Phi) is 6.07. The molecule has 1 aromatic heterocycles. The monoisotopic (exact) mass is 352 g/mol. The number of piperazine rings is 1. The number of rotatable bonds is 4. The smallest absolute Gasteiger partial charge is 0.298 e. The lowest BCUT2D eigenvalue weighted by molar-refractivity contribution is -0.134. The molecular weight excluding hydrogens is 328 g/mol. The van der Waals surface area contributed by atoms with Gasteiger partial charge in [-0.15, -0.1) is 12.4 Å². The van der Waals surface area contributed by atoms with Crippen molar-refractivity contribution in [2.24, 2.45) is 11.7 Å².